The minimum Gasteiger partial charge on any atom is -0.489 e. The average molecular weight is 449 g/mol. The van der Waals surface area contributed by atoms with Crippen molar-refractivity contribution >= 4 is 46.2 Å². The van der Waals surface area contributed by atoms with Crippen molar-refractivity contribution in [2.45, 2.75) is 20.5 Å². The maximum atomic E-state index is 12.3. The molecular weight excluding hydrogens is 428 g/mol. The molecule has 3 aromatic carbocycles. The van der Waals surface area contributed by atoms with E-state index >= 15 is 0 Å². The number of hydrogen-bond donors (Lipinski definition) is 1. The molecule has 6 heteroatoms. The normalized spacial score (nSPS) is 16.0. The van der Waals surface area contributed by atoms with Crippen molar-refractivity contribution in [1.82, 2.24) is 5.32 Å². The summed E-state index contributed by atoms with van der Waals surface area (Å²) in [6, 6.07) is 21.5. The second-order valence-electron chi connectivity index (χ2n) is 7.26. The lowest BCUT2D eigenvalue weighted by molar-refractivity contribution is -0.115. The number of ether oxygens (including phenoxy) is 1. The van der Waals surface area contributed by atoms with Crippen molar-refractivity contribution in [2.24, 2.45) is 4.99 Å². The molecule has 0 spiro atoms. The molecule has 0 unspecified atom stereocenters. The number of halogens is 1. The first kappa shape index (κ1) is 21.2. The maximum absolute atomic E-state index is 12.3. The fourth-order valence-electron chi connectivity index (χ4n) is 3.03. The van der Waals surface area contributed by atoms with Crippen LogP contribution in [-0.4, -0.2) is 11.1 Å². The van der Waals surface area contributed by atoms with Crippen molar-refractivity contribution in [3.8, 4) is 5.75 Å². The molecule has 0 aromatic heterocycles. The zero-order valence-electron chi connectivity index (χ0n) is 17.2. The van der Waals surface area contributed by atoms with Crippen LogP contribution in [0.3, 0.4) is 0 Å². The van der Waals surface area contributed by atoms with E-state index in [9.17, 15) is 4.79 Å². The zero-order valence-corrected chi connectivity index (χ0v) is 18.8. The maximum Gasteiger partial charge on any atom is 0.264 e. The van der Waals surface area contributed by atoms with Gasteiger partial charge in [0, 0.05) is 5.02 Å². The number of nitrogens with zero attached hydrogens (tertiary/aromatic N) is 1. The standard InChI is InChI=1S/C25H21ClN2O2S/c1-16-4-3-5-19(12-16)15-30-21-10-7-18(8-11-21)13-23-24(29)28-25(31-23)27-20-9-6-17(2)22(26)14-20/h3-14H,15H2,1-2H3,(H,27,28,29)/b23-13-. The molecule has 0 aliphatic carbocycles. The molecule has 31 heavy (non-hydrogen) atoms. The van der Waals surface area contributed by atoms with Gasteiger partial charge in [0.15, 0.2) is 5.17 Å². The highest BCUT2D eigenvalue weighted by Crippen LogP contribution is 2.30. The number of amides is 1. The van der Waals surface area contributed by atoms with Crippen molar-refractivity contribution in [3.63, 3.8) is 0 Å². The smallest absolute Gasteiger partial charge is 0.264 e. The number of thioether (sulfide) groups is 1. The van der Waals surface area contributed by atoms with Crippen molar-refractivity contribution in [3.05, 3.63) is 98.9 Å². The van der Waals surface area contributed by atoms with Gasteiger partial charge in [-0.2, -0.15) is 0 Å². The van der Waals surface area contributed by atoms with Crippen LogP contribution < -0.4 is 10.1 Å². The first-order valence-corrected chi connectivity index (χ1v) is 11.0. The van der Waals surface area contributed by atoms with Crippen LogP contribution in [0.2, 0.25) is 5.02 Å². The lowest BCUT2D eigenvalue weighted by atomic mass is 10.1. The van der Waals surface area contributed by atoms with E-state index in [2.05, 4.69) is 29.4 Å². The number of hydrogen-bond acceptors (Lipinski definition) is 4. The van der Waals surface area contributed by atoms with Gasteiger partial charge in [0.25, 0.3) is 5.91 Å². The Balaban J connectivity index is 1.41. The lowest BCUT2D eigenvalue weighted by Crippen LogP contribution is -2.19. The van der Waals surface area contributed by atoms with Crippen LogP contribution in [0.25, 0.3) is 6.08 Å². The molecule has 3 aromatic rings. The Labute approximate surface area is 191 Å². The Bertz CT molecular complexity index is 1190. The van der Waals surface area contributed by atoms with Crippen LogP contribution in [0.1, 0.15) is 22.3 Å². The molecule has 0 bridgehead atoms. The second kappa shape index (κ2) is 9.41. The van der Waals surface area contributed by atoms with Crippen LogP contribution in [0, 0.1) is 13.8 Å². The summed E-state index contributed by atoms with van der Waals surface area (Å²) in [6.07, 6.45) is 1.84. The molecule has 0 saturated carbocycles. The van der Waals surface area contributed by atoms with Gasteiger partial charge in [-0.15, -0.1) is 0 Å². The van der Waals surface area contributed by atoms with E-state index in [1.165, 1.54) is 17.3 Å². The van der Waals surface area contributed by atoms with Gasteiger partial charge in [-0.3, -0.25) is 4.79 Å². The second-order valence-corrected chi connectivity index (χ2v) is 8.70. The monoisotopic (exact) mass is 448 g/mol. The van der Waals surface area contributed by atoms with E-state index in [0.717, 1.165) is 22.4 Å². The van der Waals surface area contributed by atoms with Gasteiger partial charge in [-0.05, 0) is 72.6 Å². The number of carbonyl (C=O) groups excluding carboxylic acids is 1. The van der Waals surface area contributed by atoms with E-state index in [-0.39, 0.29) is 5.91 Å². The molecule has 1 saturated heterocycles. The largest absolute Gasteiger partial charge is 0.489 e. The fourth-order valence-corrected chi connectivity index (χ4v) is 4.05. The fraction of sp³-hybridized carbons (Fsp3) is 0.120. The first-order chi connectivity index (χ1) is 15.0. The van der Waals surface area contributed by atoms with Crippen LogP contribution in [-0.2, 0) is 11.4 Å². The molecule has 4 rings (SSSR count). The number of aryl methyl sites for hydroxylation is 2. The number of nitrogens with one attached hydrogen (secondary N) is 1. The quantitative estimate of drug-likeness (QED) is 0.457. The third kappa shape index (κ3) is 5.57. The van der Waals surface area contributed by atoms with Crippen LogP contribution in [0.4, 0.5) is 5.69 Å². The molecule has 0 radical (unpaired) electrons. The predicted octanol–water partition coefficient (Wildman–Crippen LogP) is 6.43. The Morgan fingerprint density at radius 1 is 1.06 bits per heavy atom. The summed E-state index contributed by atoms with van der Waals surface area (Å²) >= 11 is 7.46. The van der Waals surface area contributed by atoms with Gasteiger partial charge in [0.1, 0.15) is 12.4 Å². The molecule has 1 aliphatic rings. The molecule has 1 aliphatic heterocycles. The summed E-state index contributed by atoms with van der Waals surface area (Å²) < 4.78 is 5.86. The SMILES string of the molecule is Cc1cccc(COc2ccc(/C=C3\SC(=Nc4ccc(C)c(Cl)c4)NC3=O)cc2)c1. The van der Waals surface area contributed by atoms with Crippen molar-refractivity contribution in [1.29, 1.82) is 0 Å². The van der Waals surface area contributed by atoms with E-state index < -0.39 is 0 Å². The lowest BCUT2D eigenvalue weighted by Gasteiger charge is -2.07. The average Bonchev–Trinajstić information content (AvgIpc) is 3.09. The van der Waals surface area contributed by atoms with Crippen molar-refractivity contribution < 1.29 is 9.53 Å². The van der Waals surface area contributed by atoms with Crippen LogP contribution in [0.5, 0.6) is 5.75 Å². The Morgan fingerprint density at radius 3 is 2.61 bits per heavy atom. The van der Waals surface area contributed by atoms with Crippen LogP contribution >= 0.6 is 23.4 Å². The Hall–Kier alpha value is -3.02. The summed E-state index contributed by atoms with van der Waals surface area (Å²) in [5.74, 6) is 0.618. The van der Waals surface area contributed by atoms with Gasteiger partial charge >= 0.3 is 0 Å². The molecule has 1 fully saturated rings. The number of aliphatic imine (C=N–C) groups is 1. The van der Waals surface area contributed by atoms with E-state index in [4.69, 9.17) is 16.3 Å². The summed E-state index contributed by atoms with van der Waals surface area (Å²) in [4.78, 5) is 17.4. The van der Waals surface area contributed by atoms with Gasteiger partial charge in [0.05, 0.1) is 10.6 Å². The topological polar surface area (TPSA) is 50.7 Å². The predicted molar refractivity (Wildman–Crippen MR) is 129 cm³/mol. The Morgan fingerprint density at radius 2 is 1.87 bits per heavy atom. The third-order valence-electron chi connectivity index (χ3n) is 4.70. The third-order valence-corrected chi connectivity index (χ3v) is 6.02. The first-order valence-electron chi connectivity index (χ1n) is 9.80. The summed E-state index contributed by atoms with van der Waals surface area (Å²) in [5.41, 5.74) is 4.95. The van der Waals surface area contributed by atoms with E-state index in [1.807, 2.05) is 61.5 Å². The van der Waals surface area contributed by atoms with E-state index in [0.29, 0.717) is 27.4 Å². The highest BCUT2D eigenvalue weighted by Gasteiger charge is 2.23. The number of carbonyl (C=O) groups is 1. The van der Waals surface area contributed by atoms with Crippen LogP contribution in [0.15, 0.2) is 76.6 Å². The number of benzene rings is 3. The van der Waals surface area contributed by atoms with E-state index in [1.54, 1.807) is 6.07 Å². The van der Waals surface area contributed by atoms with Gasteiger partial charge in [-0.1, -0.05) is 59.6 Å². The van der Waals surface area contributed by atoms with Crippen molar-refractivity contribution in [2.75, 3.05) is 0 Å². The highest BCUT2D eigenvalue weighted by atomic mass is 35.5. The molecule has 1 heterocycles. The minimum atomic E-state index is -0.165. The molecule has 1 amide bonds. The van der Waals surface area contributed by atoms with Gasteiger partial charge in [0.2, 0.25) is 0 Å². The summed E-state index contributed by atoms with van der Waals surface area (Å²) in [7, 11) is 0. The molecule has 0 atom stereocenters. The molecule has 156 valence electrons. The molecule has 1 N–H and O–H groups in total. The zero-order chi connectivity index (χ0) is 21.8. The Kier molecular flexibility index (Phi) is 6.44. The number of rotatable bonds is 5. The van der Waals surface area contributed by atoms with Gasteiger partial charge in [-0.25, -0.2) is 4.99 Å². The molecule has 4 nitrogen and oxygen atoms in total. The summed E-state index contributed by atoms with van der Waals surface area (Å²) in [5, 5.41) is 3.99. The minimum absolute atomic E-state index is 0.165. The van der Waals surface area contributed by atoms with Gasteiger partial charge < -0.3 is 10.1 Å². The number of amidine groups is 1. The summed E-state index contributed by atoms with van der Waals surface area (Å²) in [6.45, 7) is 4.52. The molecular formula is C25H21ClN2O2S. The highest BCUT2D eigenvalue weighted by molar-refractivity contribution is 8.18.